The molecule has 2 N–H and O–H groups in total. The van der Waals surface area contributed by atoms with Gasteiger partial charge >= 0.3 is 6.09 Å². The summed E-state index contributed by atoms with van der Waals surface area (Å²) in [6, 6.07) is 3.08. The number of alkyl carbamates (subject to hydrolysis) is 1. The Balaban J connectivity index is 2.32. The van der Waals surface area contributed by atoms with E-state index in [1.54, 1.807) is 12.1 Å². The van der Waals surface area contributed by atoms with Crippen LogP contribution in [0.2, 0.25) is 5.02 Å². The van der Waals surface area contributed by atoms with Gasteiger partial charge in [0.15, 0.2) is 11.5 Å². The monoisotopic (exact) mass is 257 g/mol. The molecule has 1 saturated heterocycles. The minimum atomic E-state index is -0.454. The van der Waals surface area contributed by atoms with Crippen molar-refractivity contribution in [1.29, 1.82) is 0 Å². The first-order valence-corrected chi connectivity index (χ1v) is 5.49. The summed E-state index contributed by atoms with van der Waals surface area (Å²) in [7, 11) is 1.44. The average Bonchev–Trinajstić information content (AvgIpc) is 2.32. The second-order valence-corrected chi connectivity index (χ2v) is 4.08. The molecule has 1 aromatic carbocycles. The van der Waals surface area contributed by atoms with Gasteiger partial charge in [-0.15, -0.1) is 0 Å². The van der Waals surface area contributed by atoms with Crippen LogP contribution in [-0.4, -0.2) is 24.9 Å². The Morgan fingerprint density at radius 3 is 3.00 bits per heavy atom. The molecule has 0 aromatic heterocycles. The highest BCUT2D eigenvalue weighted by Gasteiger charge is 2.22. The first-order chi connectivity index (χ1) is 8.11. The quantitative estimate of drug-likeness (QED) is 0.853. The van der Waals surface area contributed by atoms with Crippen LogP contribution in [0.25, 0.3) is 0 Å². The molecule has 1 aromatic rings. The summed E-state index contributed by atoms with van der Waals surface area (Å²) in [6.07, 6.45) is 0.195. The summed E-state index contributed by atoms with van der Waals surface area (Å²) in [4.78, 5) is 11.1. The molecule has 1 amide bonds. The lowest BCUT2D eigenvalue weighted by Gasteiger charge is -2.24. The van der Waals surface area contributed by atoms with E-state index in [-0.39, 0.29) is 22.6 Å². The van der Waals surface area contributed by atoms with E-state index in [4.69, 9.17) is 21.1 Å². The van der Waals surface area contributed by atoms with Crippen LogP contribution in [0, 0.1) is 0 Å². The van der Waals surface area contributed by atoms with E-state index in [2.05, 4.69) is 5.32 Å². The van der Waals surface area contributed by atoms with E-state index in [9.17, 15) is 9.90 Å². The lowest BCUT2D eigenvalue weighted by Crippen LogP contribution is -2.35. The highest BCUT2D eigenvalue weighted by atomic mass is 35.5. The van der Waals surface area contributed by atoms with Gasteiger partial charge in [0.05, 0.1) is 24.8 Å². The predicted molar refractivity (Wildman–Crippen MR) is 61.5 cm³/mol. The summed E-state index contributed by atoms with van der Waals surface area (Å²) >= 11 is 5.88. The second kappa shape index (κ2) is 4.71. The molecule has 0 bridgehead atoms. The highest BCUT2D eigenvalue weighted by molar-refractivity contribution is 6.32. The number of aromatic hydroxyl groups is 1. The van der Waals surface area contributed by atoms with Crippen LogP contribution < -0.4 is 10.1 Å². The SMILES string of the molecule is COc1cc([C@H]2CCOC(=O)N2)cc(Cl)c1O. The Labute approximate surface area is 103 Å². The number of phenolic OH excluding ortho intramolecular Hbond substituents is 1. The molecule has 1 aliphatic heterocycles. The number of methoxy groups -OCH3 is 1. The minimum Gasteiger partial charge on any atom is -0.503 e. The van der Waals surface area contributed by atoms with Crippen LogP contribution in [0.1, 0.15) is 18.0 Å². The van der Waals surface area contributed by atoms with Crippen molar-refractivity contribution in [3.05, 3.63) is 22.7 Å². The van der Waals surface area contributed by atoms with Crippen LogP contribution in [0.5, 0.6) is 11.5 Å². The van der Waals surface area contributed by atoms with Gasteiger partial charge in [-0.05, 0) is 17.7 Å². The van der Waals surface area contributed by atoms with Crippen molar-refractivity contribution in [2.45, 2.75) is 12.5 Å². The number of cyclic esters (lactones) is 1. The van der Waals surface area contributed by atoms with Crippen LogP contribution in [0.15, 0.2) is 12.1 Å². The summed E-state index contributed by atoms with van der Waals surface area (Å²) in [5, 5.41) is 12.5. The largest absolute Gasteiger partial charge is 0.503 e. The minimum absolute atomic E-state index is 0.101. The normalized spacial score (nSPS) is 19.4. The van der Waals surface area contributed by atoms with Gasteiger partial charge in [-0.25, -0.2) is 4.79 Å². The van der Waals surface area contributed by atoms with E-state index in [1.807, 2.05) is 0 Å². The molecule has 0 saturated carbocycles. The Hall–Kier alpha value is -1.62. The first kappa shape index (κ1) is 11.9. The molecule has 92 valence electrons. The topological polar surface area (TPSA) is 67.8 Å². The molecule has 2 rings (SSSR count). The van der Waals surface area contributed by atoms with Crippen molar-refractivity contribution in [3.8, 4) is 11.5 Å². The van der Waals surface area contributed by atoms with Gasteiger partial charge in [0.1, 0.15) is 0 Å². The van der Waals surface area contributed by atoms with E-state index in [0.29, 0.717) is 13.0 Å². The molecular weight excluding hydrogens is 246 g/mol. The smallest absolute Gasteiger partial charge is 0.407 e. The number of carbonyl (C=O) groups is 1. The molecule has 1 fully saturated rings. The van der Waals surface area contributed by atoms with Crippen LogP contribution in [-0.2, 0) is 4.74 Å². The maximum atomic E-state index is 11.1. The molecule has 0 spiro atoms. The first-order valence-electron chi connectivity index (χ1n) is 5.11. The zero-order chi connectivity index (χ0) is 12.4. The summed E-state index contributed by atoms with van der Waals surface area (Å²) in [5.74, 6) is 0.185. The van der Waals surface area contributed by atoms with E-state index in [1.165, 1.54) is 7.11 Å². The predicted octanol–water partition coefficient (Wildman–Crippen LogP) is 2.23. The van der Waals surface area contributed by atoms with Crippen LogP contribution >= 0.6 is 11.6 Å². The van der Waals surface area contributed by atoms with Gasteiger partial charge in [0.2, 0.25) is 0 Å². The highest BCUT2D eigenvalue weighted by Crippen LogP contribution is 2.37. The number of rotatable bonds is 2. The number of amides is 1. The Bertz CT molecular complexity index is 449. The Morgan fingerprint density at radius 1 is 1.59 bits per heavy atom. The van der Waals surface area contributed by atoms with E-state index < -0.39 is 6.09 Å². The molecule has 0 radical (unpaired) electrons. The fraction of sp³-hybridized carbons (Fsp3) is 0.364. The molecule has 17 heavy (non-hydrogen) atoms. The van der Waals surface area contributed by atoms with Gasteiger partial charge in [0, 0.05) is 6.42 Å². The van der Waals surface area contributed by atoms with Crippen molar-refractivity contribution >= 4 is 17.7 Å². The van der Waals surface area contributed by atoms with Crippen molar-refractivity contribution in [2.75, 3.05) is 13.7 Å². The zero-order valence-electron chi connectivity index (χ0n) is 9.20. The van der Waals surface area contributed by atoms with Crippen molar-refractivity contribution < 1.29 is 19.4 Å². The number of hydrogen-bond donors (Lipinski definition) is 2. The third-order valence-electron chi connectivity index (χ3n) is 2.60. The second-order valence-electron chi connectivity index (χ2n) is 3.68. The van der Waals surface area contributed by atoms with Gasteiger partial charge in [0.25, 0.3) is 0 Å². The summed E-state index contributed by atoms with van der Waals surface area (Å²) in [6.45, 7) is 0.358. The number of ether oxygens (including phenoxy) is 2. The third kappa shape index (κ3) is 2.39. The zero-order valence-corrected chi connectivity index (χ0v) is 9.95. The number of carbonyl (C=O) groups excluding carboxylic acids is 1. The van der Waals surface area contributed by atoms with E-state index in [0.717, 1.165) is 5.56 Å². The number of hydrogen-bond acceptors (Lipinski definition) is 4. The van der Waals surface area contributed by atoms with Gasteiger partial charge < -0.3 is 19.9 Å². The third-order valence-corrected chi connectivity index (χ3v) is 2.89. The molecule has 6 heteroatoms. The number of halogens is 1. The van der Waals surface area contributed by atoms with Crippen molar-refractivity contribution in [3.63, 3.8) is 0 Å². The number of benzene rings is 1. The fourth-order valence-electron chi connectivity index (χ4n) is 1.73. The van der Waals surface area contributed by atoms with E-state index >= 15 is 0 Å². The van der Waals surface area contributed by atoms with Crippen LogP contribution in [0.3, 0.4) is 0 Å². The van der Waals surface area contributed by atoms with Crippen molar-refractivity contribution in [1.82, 2.24) is 5.32 Å². The number of phenols is 1. The summed E-state index contributed by atoms with van der Waals surface area (Å²) in [5.41, 5.74) is 0.779. The standard InChI is InChI=1S/C11H12ClNO4/c1-16-9-5-6(4-7(12)10(9)14)8-2-3-17-11(15)13-8/h4-5,8,14H,2-3H2,1H3,(H,13,15)/t8-/m1/s1. The maximum Gasteiger partial charge on any atom is 0.407 e. The van der Waals surface area contributed by atoms with Crippen LogP contribution in [0.4, 0.5) is 4.79 Å². The Morgan fingerprint density at radius 2 is 2.35 bits per heavy atom. The lowest BCUT2D eigenvalue weighted by atomic mass is 10.0. The fourth-order valence-corrected chi connectivity index (χ4v) is 1.95. The lowest BCUT2D eigenvalue weighted by molar-refractivity contribution is 0.115. The summed E-state index contributed by atoms with van der Waals surface area (Å²) < 4.78 is 9.78. The maximum absolute atomic E-state index is 11.1. The molecule has 1 atom stereocenters. The Kier molecular flexibility index (Phi) is 3.28. The van der Waals surface area contributed by atoms with Crippen molar-refractivity contribution in [2.24, 2.45) is 0 Å². The molecule has 1 heterocycles. The van der Waals surface area contributed by atoms with Gasteiger partial charge in [-0.1, -0.05) is 11.6 Å². The van der Waals surface area contributed by atoms with Gasteiger partial charge in [-0.2, -0.15) is 0 Å². The molecule has 0 aliphatic carbocycles. The average molecular weight is 258 g/mol. The molecular formula is C11H12ClNO4. The van der Waals surface area contributed by atoms with Gasteiger partial charge in [-0.3, -0.25) is 0 Å². The molecule has 0 unspecified atom stereocenters. The number of nitrogens with one attached hydrogen (secondary N) is 1. The molecule has 5 nitrogen and oxygen atoms in total. The molecule has 1 aliphatic rings.